The molecule has 0 bridgehead atoms. The molecule has 0 aliphatic rings. The topological polar surface area (TPSA) is 0 Å². The van der Waals surface area contributed by atoms with E-state index in [0.29, 0.717) is 0 Å². The van der Waals surface area contributed by atoms with Crippen molar-refractivity contribution in [2.45, 2.75) is 20.3 Å². The maximum absolute atomic E-state index is 3.38. The average molecular weight is 615 g/mol. The van der Waals surface area contributed by atoms with Crippen molar-refractivity contribution < 1.29 is 51.0 Å². The van der Waals surface area contributed by atoms with Crippen LogP contribution in [0, 0.1) is 27.7 Å². The van der Waals surface area contributed by atoms with Gasteiger partial charge in [0.25, 0.3) is 0 Å². The summed E-state index contributed by atoms with van der Waals surface area (Å²) in [6.45, 7) is 11.0. The number of benzene rings is 4. The molecule has 0 amide bonds. The molecule has 0 aromatic heterocycles. The molecule has 6 aromatic carbocycles. The average Bonchev–Trinajstić information content (AvgIpc) is 3.46. The minimum Gasteiger partial charge on any atom is -1.00 e. The molecule has 0 aliphatic heterocycles. The maximum Gasteiger partial charge on any atom is 2.00 e. The zero-order valence-corrected chi connectivity index (χ0v) is 25.9. The molecule has 0 N–H and O–H groups in total. The van der Waals surface area contributed by atoms with E-state index in [2.05, 4.69) is 149 Å². The molecular formula is C35H32Cl2Zr-4. The van der Waals surface area contributed by atoms with Crippen molar-refractivity contribution >= 4 is 21.5 Å². The summed E-state index contributed by atoms with van der Waals surface area (Å²) >= 11 is 0. The van der Waals surface area contributed by atoms with E-state index in [-0.39, 0.29) is 51.0 Å². The number of halogens is 2. The van der Waals surface area contributed by atoms with Crippen LogP contribution in [0.1, 0.15) is 17.5 Å². The molecule has 0 radical (unpaired) electrons. The van der Waals surface area contributed by atoms with Crippen LogP contribution in [0.5, 0.6) is 0 Å². The number of fused-ring (bicyclic) bond motifs is 2. The monoisotopic (exact) mass is 612 g/mol. The first-order valence-electron chi connectivity index (χ1n) is 12.1. The van der Waals surface area contributed by atoms with E-state index in [4.69, 9.17) is 0 Å². The smallest absolute Gasteiger partial charge is 1.00 e. The third-order valence-electron chi connectivity index (χ3n) is 5.96. The number of hydrogen-bond acceptors (Lipinski definition) is 0. The Labute approximate surface area is 259 Å². The molecule has 0 aliphatic carbocycles. The van der Waals surface area contributed by atoms with Gasteiger partial charge in [-0.1, -0.05) is 97.8 Å². The van der Waals surface area contributed by atoms with Crippen molar-refractivity contribution in [3.05, 3.63) is 146 Å². The molecule has 0 heterocycles. The minimum absolute atomic E-state index is 0. The van der Waals surface area contributed by atoms with Gasteiger partial charge in [0.05, 0.1) is 0 Å². The van der Waals surface area contributed by atoms with Gasteiger partial charge in [-0.3, -0.25) is 0 Å². The molecule has 0 saturated carbocycles. The molecule has 194 valence electrons. The minimum atomic E-state index is 0. The molecule has 3 heteroatoms. The second kappa shape index (κ2) is 16.5. The van der Waals surface area contributed by atoms with E-state index >= 15 is 0 Å². The standard InChI is InChI=1S/2C16H13.C3H6.2ClH.Zr/c2*1-12-10-14-8-5-9-15(16(14)11-12)13-6-3-2-4-7-13;1-3-2;;;/h2*2-11H,1H3;1-3H2;2*1H;/q2*-1;-2;;;+2/p-2. The fourth-order valence-corrected chi connectivity index (χ4v) is 4.51. The fourth-order valence-electron chi connectivity index (χ4n) is 4.51. The number of rotatable bonds is 2. The van der Waals surface area contributed by atoms with Gasteiger partial charge in [-0.25, -0.2) is 0 Å². The SMILES string of the molecule is Cc1cc2c(-c3ccccc3)cccc2[cH-]1.Cc1cc2c(-c3ccccc3)cccc2[cH-]1.[CH2-]C[CH2-].[Cl-].[Cl-].[Zr+2]. The van der Waals surface area contributed by atoms with E-state index in [9.17, 15) is 0 Å². The zero-order valence-electron chi connectivity index (χ0n) is 21.9. The van der Waals surface area contributed by atoms with Crippen LogP contribution in [-0.2, 0) is 26.2 Å². The first-order chi connectivity index (χ1) is 17.1. The normalized spacial score (nSPS) is 9.58. The van der Waals surface area contributed by atoms with Gasteiger partial charge >= 0.3 is 26.2 Å². The van der Waals surface area contributed by atoms with Gasteiger partial charge < -0.3 is 45.1 Å². The van der Waals surface area contributed by atoms with Crippen molar-refractivity contribution in [2.24, 2.45) is 0 Å². The van der Waals surface area contributed by atoms with Gasteiger partial charge in [0.15, 0.2) is 0 Å². The van der Waals surface area contributed by atoms with Crippen LogP contribution in [0.3, 0.4) is 0 Å². The first-order valence-corrected chi connectivity index (χ1v) is 12.1. The van der Waals surface area contributed by atoms with Crippen LogP contribution >= 0.6 is 0 Å². The fraction of sp³-hybridized carbons (Fsp3) is 0.0857. The number of aryl methyl sites for hydroxylation is 2. The van der Waals surface area contributed by atoms with Crippen molar-refractivity contribution in [2.75, 3.05) is 0 Å². The van der Waals surface area contributed by atoms with Gasteiger partial charge in [-0.15, -0.1) is 69.1 Å². The zero-order chi connectivity index (χ0) is 24.6. The molecular weight excluding hydrogens is 583 g/mol. The molecule has 38 heavy (non-hydrogen) atoms. The van der Waals surface area contributed by atoms with Crippen molar-refractivity contribution in [3.63, 3.8) is 0 Å². The Morgan fingerprint density at radius 2 is 0.868 bits per heavy atom. The molecule has 0 saturated heterocycles. The van der Waals surface area contributed by atoms with Gasteiger partial charge in [-0.05, 0) is 11.1 Å². The van der Waals surface area contributed by atoms with Crippen molar-refractivity contribution in [1.29, 1.82) is 0 Å². The third-order valence-corrected chi connectivity index (χ3v) is 5.96. The van der Waals surface area contributed by atoms with E-state index in [1.165, 1.54) is 54.9 Å². The van der Waals surface area contributed by atoms with Crippen LogP contribution in [0.2, 0.25) is 0 Å². The second-order valence-electron chi connectivity index (χ2n) is 8.77. The maximum atomic E-state index is 3.38. The third kappa shape index (κ3) is 8.28. The van der Waals surface area contributed by atoms with Crippen molar-refractivity contribution in [1.82, 2.24) is 0 Å². The van der Waals surface area contributed by atoms with Crippen LogP contribution in [0.4, 0.5) is 0 Å². The quantitative estimate of drug-likeness (QED) is 0.258. The summed E-state index contributed by atoms with van der Waals surface area (Å²) in [5.41, 5.74) is 7.89. The van der Waals surface area contributed by atoms with Gasteiger partial charge in [-0.2, -0.15) is 12.1 Å². The van der Waals surface area contributed by atoms with Crippen LogP contribution in [0.15, 0.2) is 121 Å². The predicted molar refractivity (Wildman–Crippen MR) is 155 cm³/mol. The Morgan fingerprint density at radius 1 is 0.526 bits per heavy atom. The molecule has 0 atom stereocenters. The van der Waals surface area contributed by atoms with Gasteiger partial charge in [0.2, 0.25) is 0 Å². The Morgan fingerprint density at radius 3 is 1.21 bits per heavy atom. The summed E-state index contributed by atoms with van der Waals surface area (Å²) in [7, 11) is 0. The summed E-state index contributed by atoms with van der Waals surface area (Å²) in [5.74, 6) is 0. The van der Waals surface area contributed by atoms with Gasteiger partial charge in [0.1, 0.15) is 0 Å². The molecule has 6 rings (SSSR count). The summed E-state index contributed by atoms with van der Waals surface area (Å²) in [6.07, 6.45) is 0.750. The predicted octanol–water partition coefficient (Wildman–Crippen LogP) is 4.12. The Hall–Kier alpha value is -2.44. The molecule has 0 nitrogen and oxygen atoms in total. The molecule has 6 aromatic rings. The van der Waals surface area contributed by atoms with E-state index in [1.54, 1.807) is 0 Å². The van der Waals surface area contributed by atoms with Crippen LogP contribution < -0.4 is 24.8 Å². The van der Waals surface area contributed by atoms with Crippen LogP contribution in [-0.4, -0.2) is 0 Å². The van der Waals surface area contributed by atoms with Crippen molar-refractivity contribution in [3.8, 4) is 22.3 Å². The Kier molecular flexibility index (Phi) is 14.6. The summed E-state index contributed by atoms with van der Waals surface area (Å²) in [5, 5.41) is 5.37. The first kappa shape index (κ1) is 33.6. The second-order valence-corrected chi connectivity index (χ2v) is 8.77. The summed E-state index contributed by atoms with van der Waals surface area (Å²) in [4.78, 5) is 0. The molecule has 0 fully saturated rings. The Balaban J connectivity index is 0.000000322. The summed E-state index contributed by atoms with van der Waals surface area (Å²) < 4.78 is 0. The Bertz CT molecular complexity index is 1380. The molecule has 0 spiro atoms. The molecule has 0 unspecified atom stereocenters. The van der Waals surface area contributed by atoms with Gasteiger partial charge in [0, 0.05) is 0 Å². The van der Waals surface area contributed by atoms with E-state index in [0.717, 1.165) is 6.42 Å². The van der Waals surface area contributed by atoms with E-state index in [1.807, 2.05) is 0 Å². The van der Waals surface area contributed by atoms with E-state index < -0.39 is 0 Å². The largest absolute Gasteiger partial charge is 2.00 e. The summed E-state index contributed by atoms with van der Waals surface area (Å²) in [6, 6.07) is 43.1. The number of hydrogen-bond donors (Lipinski definition) is 0. The van der Waals surface area contributed by atoms with Crippen LogP contribution in [0.25, 0.3) is 43.8 Å².